The SMILES string of the molecule is CC(NCC(O)COc1ccccc1)C1CCC1. The number of nitrogens with one attached hydrogen (secondary N) is 1. The molecule has 1 aliphatic carbocycles. The molecule has 0 amide bonds. The van der Waals surface area contributed by atoms with E-state index in [-0.39, 0.29) is 0 Å². The largest absolute Gasteiger partial charge is 0.491 e. The molecule has 100 valence electrons. The monoisotopic (exact) mass is 249 g/mol. The molecule has 2 rings (SSSR count). The van der Waals surface area contributed by atoms with Gasteiger partial charge < -0.3 is 15.2 Å². The Hall–Kier alpha value is -1.06. The number of benzene rings is 1. The van der Waals surface area contributed by atoms with Gasteiger partial charge >= 0.3 is 0 Å². The molecule has 0 spiro atoms. The minimum Gasteiger partial charge on any atom is -0.491 e. The van der Waals surface area contributed by atoms with Gasteiger partial charge in [-0.3, -0.25) is 0 Å². The molecular formula is C15H23NO2. The number of aliphatic hydroxyl groups excluding tert-OH is 1. The zero-order valence-electron chi connectivity index (χ0n) is 11.0. The van der Waals surface area contributed by atoms with Crippen LogP contribution in [0.5, 0.6) is 5.75 Å². The molecule has 3 nitrogen and oxygen atoms in total. The molecule has 0 aliphatic heterocycles. The van der Waals surface area contributed by atoms with Crippen molar-refractivity contribution < 1.29 is 9.84 Å². The predicted molar refractivity (Wildman–Crippen MR) is 72.7 cm³/mol. The van der Waals surface area contributed by atoms with Gasteiger partial charge in [0.25, 0.3) is 0 Å². The van der Waals surface area contributed by atoms with Crippen LogP contribution in [0.15, 0.2) is 30.3 Å². The van der Waals surface area contributed by atoms with Gasteiger partial charge in [-0.05, 0) is 37.8 Å². The smallest absolute Gasteiger partial charge is 0.119 e. The van der Waals surface area contributed by atoms with Gasteiger partial charge in [0.15, 0.2) is 0 Å². The van der Waals surface area contributed by atoms with E-state index in [0.29, 0.717) is 19.2 Å². The molecule has 1 aliphatic rings. The summed E-state index contributed by atoms with van der Waals surface area (Å²) in [5.74, 6) is 1.61. The highest BCUT2D eigenvalue weighted by molar-refractivity contribution is 5.20. The summed E-state index contributed by atoms with van der Waals surface area (Å²) in [7, 11) is 0. The van der Waals surface area contributed by atoms with E-state index in [1.807, 2.05) is 30.3 Å². The van der Waals surface area contributed by atoms with E-state index in [2.05, 4.69) is 12.2 Å². The third kappa shape index (κ3) is 4.00. The Bertz CT molecular complexity index is 338. The van der Waals surface area contributed by atoms with Gasteiger partial charge in [0.1, 0.15) is 18.5 Å². The van der Waals surface area contributed by atoms with E-state index >= 15 is 0 Å². The number of hydrogen-bond donors (Lipinski definition) is 2. The van der Waals surface area contributed by atoms with Crippen molar-refractivity contribution in [3.63, 3.8) is 0 Å². The average molecular weight is 249 g/mol. The summed E-state index contributed by atoms with van der Waals surface area (Å²) in [5.41, 5.74) is 0. The summed E-state index contributed by atoms with van der Waals surface area (Å²) < 4.78 is 5.51. The van der Waals surface area contributed by atoms with Crippen molar-refractivity contribution in [3.05, 3.63) is 30.3 Å². The Morgan fingerprint density at radius 1 is 1.33 bits per heavy atom. The highest BCUT2D eigenvalue weighted by Gasteiger charge is 2.23. The Morgan fingerprint density at radius 2 is 2.06 bits per heavy atom. The van der Waals surface area contributed by atoms with Crippen LogP contribution in [0, 0.1) is 5.92 Å². The summed E-state index contributed by atoms with van der Waals surface area (Å²) in [4.78, 5) is 0. The molecule has 0 aromatic heterocycles. The number of hydrogen-bond acceptors (Lipinski definition) is 3. The Kier molecular flexibility index (Phi) is 5.02. The minimum atomic E-state index is -0.451. The van der Waals surface area contributed by atoms with E-state index in [1.54, 1.807) is 0 Å². The molecule has 0 bridgehead atoms. The molecule has 3 heteroatoms. The Morgan fingerprint density at radius 3 is 2.67 bits per heavy atom. The third-order valence-corrected chi connectivity index (χ3v) is 3.72. The molecule has 1 aromatic carbocycles. The normalized spacial score (nSPS) is 19.0. The van der Waals surface area contributed by atoms with Gasteiger partial charge in [-0.1, -0.05) is 24.6 Å². The lowest BCUT2D eigenvalue weighted by Crippen LogP contribution is -2.42. The van der Waals surface area contributed by atoms with Gasteiger partial charge in [-0.15, -0.1) is 0 Å². The molecule has 2 atom stereocenters. The summed E-state index contributed by atoms with van der Waals surface area (Å²) >= 11 is 0. The molecule has 0 heterocycles. The van der Waals surface area contributed by atoms with Crippen molar-refractivity contribution in [2.45, 2.75) is 38.3 Å². The van der Waals surface area contributed by atoms with Crippen molar-refractivity contribution in [1.29, 1.82) is 0 Å². The van der Waals surface area contributed by atoms with Crippen LogP contribution >= 0.6 is 0 Å². The number of rotatable bonds is 7. The lowest BCUT2D eigenvalue weighted by molar-refractivity contribution is 0.0982. The maximum absolute atomic E-state index is 9.84. The Labute approximate surface area is 109 Å². The van der Waals surface area contributed by atoms with Gasteiger partial charge in [-0.25, -0.2) is 0 Å². The first-order valence-electron chi connectivity index (χ1n) is 6.85. The van der Waals surface area contributed by atoms with Gasteiger partial charge in [0.2, 0.25) is 0 Å². The maximum atomic E-state index is 9.84. The lowest BCUT2D eigenvalue weighted by atomic mass is 9.80. The second-order valence-electron chi connectivity index (χ2n) is 5.17. The molecular weight excluding hydrogens is 226 g/mol. The first-order chi connectivity index (χ1) is 8.75. The molecule has 1 saturated carbocycles. The molecule has 0 radical (unpaired) electrons. The van der Waals surface area contributed by atoms with E-state index in [1.165, 1.54) is 19.3 Å². The molecule has 1 aromatic rings. The second kappa shape index (κ2) is 6.76. The lowest BCUT2D eigenvalue weighted by Gasteiger charge is -2.32. The summed E-state index contributed by atoms with van der Waals surface area (Å²) in [6.45, 7) is 3.15. The zero-order valence-corrected chi connectivity index (χ0v) is 11.0. The van der Waals surface area contributed by atoms with E-state index in [4.69, 9.17) is 4.74 Å². The predicted octanol–water partition coefficient (Wildman–Crippen LogP) is 2.20. The minimum absolute atomic E-state index is 0.342. The summed E-state index contributed by atoms with van der Waals surface area (Å²) in [6, 6.07) is 10.1. The van der Waals surface area contributed by atoms with Gasteiger partial charge in [0, 0.05) is 12.6 Å². The first-order valence-corrected chi connectivity index (χ1v) is 6.85. The number of aliphatic hydroxyl groups is 1. The fourth-order valence-electron chi connectivity index (χ4n) is 2.20. The van der Waals surface area contributed by atoms with Crippen LogP contribution < -0.4 is 10.1 Å². The standard InChI is InChI=1S/C15H23NO2/c1-12(13-6-5-7-13)16-10-14(17)11-18-15-8-3-2-4-9-15/h2-4,8-9,12-14,16-17H,5-7,10-11H2,1H3. The highest BCUT2D eigenvalue weighted by Crippen LogP contribution is 2.29. The van der Waals surface area contributed by atoms with E-state index in [0.717, 1.165) is 11.7 Å². The molecule has 1 fully saturated rings. The molecule has 18 heavy (non-hydrogen) atoms. The fraction of sp³-hybridized carbons (Fsp3) is 0.600. The van der Waals surface area contributed by atoms with Crippen molar-refractivity contribution in [2.75, 3.05) is 13.2 Å². The fourth-order valence-corrected chi connectivity index (χ4v) is 2.20. The van der Waals surface area contributed by atoms with Gasteiger partial charge in [-0.2, -0.15) is 0 Å². The Balaban J connectivity index is 1.61. The quantitative estimate of drug-likeness (QED) is 0.778. The van der Waals surface area contributed by atoms with Crippen LogP contribution in [0.2, 0.25) is 0 Å². The number of ether oxygens (including phenoxy) is 1. The van der Waals surface area contributed by atoms with Crippen molar-refractivity contribution in [2.24, 2.45) is 5.92 Å². The third-order valence-electron chi connectivity index (χ3n) is 3.72. The van der Waals surface area contributed by atoms with Crippen LogP contribution in [-0.2, 0) is 0 Å². The van der Waals surface area contributed by atoms with E-state index in [9.17, 15) is 5.11 Å². The van der Waals surface area contributed by atoms with E-state index < -0.39 is 6.10 Å². The second-order valence-corrected chi connectivity index (χ2v) is 5.17. The maximum Gasteiger partial charge on any atom is 0.119 e. The molecule has 0 saturated heterocycles. The molecule has 2 unspecified atom stereocenters. The summed E-state index contributed by atoms with van der Waals surface area (Å²) in [5, 5.41) is 13.2. The average Bonchev–Trinajstić information content (AvgIpc) is 2.33. The first kappa shape index (κ1) is 13.4. The van der Waals surface area contributed by atoms with Crippen molar-refractivity contribution in [1.82, 2.24) is 5.32 Å². The van der Waals surface area contributed by atoms with Crippen LogP contribution in [0.4, 0.5) is 0 Å². The zero-order chi connectivity index (χ0) is 12.8. The van der Waals surface area contributed by atoms with Gasteiger partial charge in [0.05, 0.1) is 0 Å². The van der Waals surface area contributed by atoms with Crippen LogP contribution in [0.3, 0.4) is 0 Å². The van der Waals surface area contributed by atoms with Crippen molar-refractivity contribution in [3.8, 4) is 5.75 Å². The number of para-hydroxylation sites is 1. The summed E-state index contributed by atoms with van der Waals surface area (Å²) in [6.07, 6.45) is 3.55. The topological polar surface area (TPSA) is 41.5 Å². The molecule has 2 N–H and O–H groups in total. The van der Waals surface area contributed by atoms with Crippen molar-refractivity contribution >= 4 is 0 Å². The van der Waals surface area contributed by atoms with Crippen LogP contribution in [0.25, 0.3) is 0 Å². The highest BCUT2D eigenvalue weighted by atomic mass is 16.5. The van der Waals surface area contributed by atoms with Crippen LogP contribution in [0.1, 0.15) is 26.2 Å². The van der Waals surface area contributed by atoms with Crippen LogP contribution in [-0.4, -0.2) is 30.4 Å².